The lowest BCUT2D eigenvalue weighted by Gasteiger charge is -2.37. The summed E-state index contributed by atoms with van der Waals surface area (Å²) in [5.74, 6) is -1.13. The normalized spacial score (nSPS) is 18.7. The minimum atomic E-state index is -4.81. The highest BCUT2D eigenvalue weighted by molar-refractivity contribution is 8.00. The van der Waals surface area contributed by atoms with E-state index in [0.717, 1.165) is 11.8 Å². The molecular weight excluding hydrogens is 306 g/mol. The number of hydrogen-bond donors (Lipinski definition) is 0. The average Bonchev–Trinajstić information content (AvgIpc) is 2.36. The Morgan fingerprint density at radius 1 is 1.33 bits per heavy atom. The second-order valence-corrected chi connectivity index (χ2v) is 7.33. The molecule has 1 aromatic carbocycles. The maximum Gasteiger partial charge on any atom is 0.419 e. The first-order valence-electron chi connectivity index (χ1n) is 6.40. The molecule has 0 unspecified atom stereocenters. The lowest BCUT2D eigenvalue weighted by Crippen LogP contribution is -2.46. The molecule has 2 nitrogen and oxygen atoms in total. The molecule has 1 heterocycles. The first-order valence-corrected chi connectivity index (χ1v) is 7.39. The molecule has 1 amide bonds. The Labute approximate surface area is 124 Å². The molecular formula is C14H15F4NOS. The van der Waals surface area contributed by atoms with Crippen LogP contribution in [0.2, 0.25) is 0 Å². The minimum absolute atomic E-state index is 0.133. The molecule has 1 aromatic rings. The number of halogens is 4. The molecule has 1 aliphatic heterocycles. The number of amides is 1. The van der Waals surface area contributed by atoms with Crippen LogP contribution < -0.4 is 0 Å². The van der Waals surface area contributed by atoms with Crippen LogP contribution in [0.4, 0.5) is 17.6 Å². The third-order valence-electron chi connectivity index (χ3n) is 3.23. The second kappa shape index (κ2) is 5.51. The van der Waals surface area contributed by atoms with Crippen molar-refractivity contribution < 1.29 is 22.4 Å². The molecule has 0 radical (unpaired) electrons. The largest absolute Gasteiger partial charge is 0.419 e. The van der Waals surface area contributed by atoms with Crippen molar-refractivity contribution in [2.24, 2.45) is 0 Å². The molecule has 116 valence electrons. The molecule has 21 heavy (non-hydrogen) atoms. The number of thioether (sulfide) groups is 1. The van der Waals surface area contributed by atoms with Crippen molar-refractivity contribution in [1.29, 1.82) is 0 Å². The lowest BCUT2D eigenvalue weighted by molar-refractivity contribution is -0.140. The van der Waals surface area contributed by atoms with Crippen LogP contribution in [-0.2, 0) is 6.18 Å². The Kier molecular flexibility index (Phi) is 4.24. The van der Waals surface area contributed by atoms with Gasteiger partial charge in [0.2, 0.25) is 0 Å². The quantitative estimate of drug-likeness (QED) is 0.733. The predicted molar refractivity (Wildman–Crippen MR) is 73.8 cm³/mol. The standard InChI is InChI=1S/C14H15F4NOS/c1-13(2)8-19(5-6-21-13)12(20)9-3-4-11(15)10(7-9)14(16,17)18/h3-4,7H,5-6,8H2,1-2H3. The van der Waals surface area contributed by atoms with Gasteiger partial charge in [0, 0.05) is 29.2 Å². The van der Waals surface area contributed by atoms with Crippen LogP contribution in [0.1, 0.15) is 29.8 Å². The highest BCUT2D eigenvalue weighted by atomic mass is 32.2. The molecule has 1 aliphatic rings. The Morgan fingerprint density at radius 3 is 2.57 bits per heavy atom. The Morgan fingerprint density at radius 2 is 2.00 bits per heavy atom. The second-order valence-electron chi connectivity index (χ2n) is 5.53. The highest BCUT2D eigenvalue weighted by Crippen LogP contribution is 2.33. The topological polar surface area (TPSA) is 20.3 Å². The first kappa shape index (κ1) is 16.1. The van der Waals surface area contributed by atoms with E-state index >= 15 is 0 Å². The van der Waals surface area contributed by atoms with Crippen molar-refractivity contribution in [3.05, 3.63) is 35.1 Å². The number of carbonyl (C=O) groups is 1. The van der Waals surface area contributed by atoms with Crippen LogP contribution >= 0.6 is 11.8 Å². The van der Waals surface area contributed by atoms with Crippen molar-refractivity contribution >= 4 is 17.7 Å². The van der Waals surface area contributed by atoms with Crippen LogP contribution in [-0.4, -0.2) is 34.4 Å². The lowest BCUT2D eigenvalue weighted by atomic mass is 10.1. The van der Waals surface area contributed by atoms with Gasteiger partial charge in [-0.05, 0) is 32.0 Å². The summed E-state index contributed by atoms with van der Waals surface area (Å²) in [5.41, 5.74) is -1.54. The van der Waals surface area contributed by atoms with Crippen LogP contribution in [0.15, 0.2) is 18.2 Å². The summed E-state index contributed by atoms with van der Waals surface area (Å²) in [4.78, 5) is 13.8. The third kappa shape index (κ3) is 3.70. The molecule has 0 aliphatic carbocycles. The van der Waals surface area contributed by atoms with Crippen LogP contribution in [0.5, 0.6) is 0 Å². The fraction of sp³-hybridized carbons (Fsp3) is 0.500. The molecule has 0 N–H and O–H groups in total. The highest BCUT2D eigenvalue weighted by Gasteiger charge is 2.36. The van der Waals surface area contributed by atoms with Gasteiger partial charge in [-0.1, -0.05) is 0 Å². The van der Waals surface area contributed by atoms with E-state index in [1.54, 1.807) is 11.8 Å². The molecule has 0 saturated carbocycles. The van der Waals surface area contributed by atoms with Crippen molar-refractivity contribution in [3.8, 4) is 0 Å². The number of benzene rings is 1. The van der Waals surface area contributed by atoms with E-state index in [0.29, 0.717) is 25.2 Å². The van der Waals surface area contributed by atoms with Gasteiger partial charge in [0.15, 0.2) is 0 Å². The van der Waals surface area contributed by atoms with E-state index in [9.17, 15) is 22.4 Å². The van der Waals surface area contributed by atoms with Gasteiger partial charge in [-0.2, -0.15) is 24.9 Å². The fourth-order valence-corrected chi connectivity index (χ4v) is 3.36. The summed E-state index contributed by atoms with van der Waals surface area (Å²) >= 11 is 1.71. The Bertz CT molecular complexity index is 556. The van der Waals surface area contributed by atoms with E-state index in [-0.39, 0.29) is 10.3 Å². The molecule has 1 saturated heterocycles. The molecule has 7 heteroatoms. The van der Waals surface area contributed by atoms with Gasteiger partial charge < -0.3 is 4.90 Å². The third-order valence-corrected chi connectivity index (χ3v) is 4.53. The molecule has 0 bridgehead atoms. The smallest absolute Gasteiger partial charge is 0.336 e. The number of rotatable bonds is 1. The van der Waals surface area contributed by atoms with Gasteiger partial charge in [0.05, 0.1) is 5.56 Å². The number of hydrogen-bond acceptors (Lipinski definition) is 2. The van der Waals surface area contributed by atoms with Gasteiger partial charge in [0.1, 0.15) is 5.82 Å². The zero-order valence-electron chi connectivity index (χ0n) is 11.6. The van der Waals surface area contributed by atoms with Gasteiger partial charge in [0.25, 0.3) is 5.91 Å². The monoisotopic (exact) mass is 321 g/mol. The summed E-state index contributed by atoms with van der Waals surface area (Å²) in [6.45, 7) is 4.88. The van der Waals surface area contributed by atoms with Gasteiger partial charge in [-0.15, -0.1) is 0 Å². The Balaban J connectivity index is 2.28. The molecule has 0 spiro atoms. The summed E-state index contributed by atoms with van der Waals surface area (Å²) < 4.78 is 51.2. The number of alkyl halides is 3. The van der Waals surface area contributed by atoms with Crippen molar-refractivity contribution in [3.63, 3.8) is 0 Å². The van der Waals surface area contributed by atoms with Crippen molar-refractivity contribution in [2.75, 3.05) is 18.8 Å². The molecule has 0 aromatic heterocycles. The average molecular weight is 321 g/mol. The number of carbonyl (C=O) groups excluding carboxylic acids is 1. The summed E-state index contributed by atoms with van der Waals surface area (Å²) in [6, 6.07) is 2.38. The summed E-state index contributed by atoms with van der Waals surface area (Å²) in [5, 5.41) is 0. The van der Waals surface area contributed by atoms with E-state index in [1.807, 2.05) is 13.8 Å². The zero-order chi connectivity index (χ0) is 15.8. The van der Waals surface area contributed by atoms with E-state index in [1.165, 1.54) is 4.90 Å². The van der Waals surface area contributed by atoms with Crippen LogP contribution in [0.25, 0.3) is 0 Å². The Hall–Kier alpha value is -1.24. The SMILES string of the molecule is CC1(C)CN(C(=O)c2ccc(F)c(C(F)(F)F)c2)CCS1. The van der Waals surface area contributed by atoms with E-state index in [4.69, 9.17) is 0 Å². The molecule has 2 rings (SSSR count). The van der Waals surface area contributed by atoms with Crippen LogP contribution in [0.3, 0.4) is 0 Å². The van der Waals surface area contributed by atoms with Gasteiger partial charge in [-0.25, -0.2) is 4.39 Å². The predicted octanol–water partition coefficient (Wildman–Crippen LogP) is 3.81. The maximum atomic E-state index is 13.2. The zero-order valence-corrected chi connectivity index (χ0v) is 12.4. The van der Waals surface area contributed by atoms with E-state index in [2.05, 4.69) is 0 Å². The molecule has 1 fully saturated rings. The number of nitrogens with zero attached hydrogens (tertiary/aromatic N) is 1. The van der Waals surface area contributed by atoms with E-state index < -0.39 is 23.5 Å². The van der Waals surface area contributed by atoms with Crippen LogP contribution in [0, 0.1) is 5.82 Å². The first-order chi connectivity index (χ1) is 9.60. The molecule has 0 atom stereocenters. The summed E-state index contributed by atoms with van der Waals surface area (Å²) in [6.07, 6.45) is -4.81. The van der Waals surface area contributed by atoms with Crippen molar-refractivity contribution in [2.45, 2.75) is 24.8 Å². The maximum absolute atomic E-state index is 13.2. The van der Waals surface area contributed by atoms with Gasteiger partial charge in [-0.3, -0.25) is 4.79 Å². The van der Waals surface area contributed by atoms with Gasteiger partial charge >= 0.3 is 6.18 Å². The summed E-state index contributed by atoms with van der Waals surface area (Å²) in [7, 11) is 0. The fourth-order valence-electron chi connectivity index (χ4n) is 2.25. The minimum Gasteiger partial charge on any atom is -0.336 e. The van der Waals surface area contributed by atoms with Crippen molar-refractivity contribution in [1.82, 2.24) is 4.90 Å².